The minimum atomic E-state index is -0.669. The number of hydrogen-bond donors (Lipinski definition) is 2. The van der Waals surface area contributed by atoms with E-state index < -0.39 is 5.92 Å². The number of thiocarbonyl (C=S) groups is 1. The van der Waals surface area contributed by atoms with Crippen molar-refractivity contribution in [2.75, 3.05) is 19.6 Å². The predicted octanol–water partition coefficient (Wildman–Crippen LogP) is 0.405. The zero-order valence-corrected chi connectivity index (χ0v) is 11.9. The Labute approximate surface area is 123 Å². The molecule has 0 radical (unpaired) electrons. The zero-order chi connectivity index (χ0) is 14.5. The first-order chi connectivity index (χ1) is 9.59. The minimum absolute atomic E-state index is 0.0603. The Bertz CT molecular complexity index is 518. The molecule has 6 heteroatoms. The summed E-state index contributed by atoms with van der Waals surface area (Å²) in [5.41, 5.74) is 6.49. The molecule has 1 saturated heterocycles. The van der Waals surface area contributed by atoms with Crippen LogP contribution < -0.4 is 11.1 Å². The molecule has 1 heterocycles. The molecule has 1 unspecified atom stereocenters. The lowest BCUT2D eigenvalue weighted by Crippen LogP contribution is -2.43. The molecule has 106 valence electrons. The maximum Gasteiger partial charge on any atom is 0.239 e. The van der Waals surface area contributed by atoms with Gasteiger partial charge in [-0.3, -0.25) is 9.59 Å². The molecule has 1 atom stereocenters. The topological polar surface area (TPSA) is 75.4 Å². The third-order valence-electron chi connectivity index (χ3n) is 3.24. The second-order valence-electron chi connectivity index (χ2n) is 4.71. The summed E-state index contributed by atoms with van der Waals surface area (Å²) >= 11 is 5.04. The number of hydrogen-bond acceptors (Lipinski definition) is 3. The molecule has 2 rings (SSSR count). The summed E-state index contributed by atoms with van der Waals surface area (Å²) in [6, 6.07) is 9.18. The van der Waals surface area contributed by atoms with Crippen molar-refractivity contribution in [3.8, 4) is 0 Å². The van der Waals surface area contributed by atoms with Crippen LogP contribution in [0.15, 0.2) is 30.3 Å². The van der Waals surface area contributed by atoms with Crippen LogP contribution in [0, 0.1) is 0 Å². The highest BCUT2D eigenvalue weighted by molar-refractivity contribution is 7.80. The summed E-state index contributed by atoms with van der Waals surface area (Å²) < 4.78 is 0. The average Bonchev–Trinajstić information content (AvgIpc) is 2.64. The highest BCUT2D eigenvalue weighted by Gasteiger charge is 2.30. The number of carbonyl (C=O) groups is 2. The van der Waals surface area contributed by atoms with E-state index in [1.165, 1.54) is 4.90 Å². The van der Waals surface area contributed by atoms with E-state index >= 15 is 0 Å². The van der Waals surface area contributed by atoms with Gasteiger partial charge in [-0.2, -0.15) is 0 Å². The Morgan fingerprint density at radius 2 is 2.05 bits per heavy atom. The summed E-state index contributed by atoms with van der Waals surface area (Å²) in [5.74, 6) is -1.02. The van der Waals surface area contributed by atoms with E-state index in [-0.39, 0.29) is 23.3 Å². The lowest BCUT2D eigenvalue weighted by atomic mass is 9.97. The molecular weight excluding hydrogens is 274 g/mol. The average molecular weight is 291 g/mol. The highest BCUT2D eigenvalue weighted by Crippen LogP contribution is 2.19. The van der Waals surface area contributed by atoms with Crippen molar-refractivity contribution >= 4 is 29.0 Å². The number of nitrogens with two attached hydrogens (primary N) is 1. The van der Waals surface area contributed by atoms with E-state index in [2.05, 4.69) is 5.32 Å². The normalized spacial score (nSPS) is 17.0. The molecule has 1 aromatic carbocycles. The second kappa shape index (κ2) is 6.47. The number of amides is 2. The molecule has 20 heavy (non-hydrogen) atoms. The van der Waals surface area contributed by atoms with E-state index in [0.717, 1.165) is 12.0 Å². The molecule has 1 fully saturated rings. The van der Waals surface area contributed by atoms with Gasteiger partial charge in [0.05, 0.1) is 11.5 Å². The molecule has 0 aliphatic carbocycles. The van der Waals surface area contributed by atoms with Crippen molar-refractivity contribution in [2.24, 2.45) is 5.73 Å². The van der Waals surface area contributed by atoms with Crippen molar-refractivity contribution < 1.29 is 9.59 Å². The van der Waals surface area contributed by atoms with Crippen LogP contribution in [0.4, 0.5) is 0 Å². The van der Waals surface area contributed by atoms with Crippen molar-refractivity contribution in [3.05, 3.63) is 35.9 Å². The van der Waals surface area contributed by atoms with E-state index in [1.54, 1.807) is 0 Å². The van der Waals surface area contributed by atoms with E-state index in [9.17, 15) is 9.59 Å². The van der Waals surface area contributed by atoms with Crippen LogP contribution in [-0.4, -0.2) is 41.3 Å². The summed E-state index contributed by atoms with van der Waals surface area (Å²) in [4.78, 5) is 25.8. The van der Waals surface area contributed by atoms with Crippen LogP contribution in [-0.2, 0) is 9.59 Å². The maximum atomic E-state index is 12.6. The SMILES string of the molecule is NC(=S)C(C(=O)N1CCCNC(=O)C1)c1ccccc1. The maximum absolute atomic E-state index is 12.6. The fraction of sp³-hybridized carbons (Fsp3) is 0.357. The quantitative estimate of drug-likeness (QED) is 0.791. The van der Waals surface area contributed by atoms with Gasteiger partial charge in [0.1, 0.15) is 5.92 Å². The molecule has 0 spiro atoms. The number of nitrogens with one attached hydrogen (secondary N) is 1. The molecule has 1 aliphatic rings. The predicted molar refractivity (Wildman–Crippen MR) is 80.2 cm³/mol. The Morgan fingerprint density at radius 1 is 1.35 bits per heavy atom. The van der Waals surface area contributed by atoms with E-state index in [1.807, 2.05) is 30.3 Å². The van der Waals surface area contributed by atoms with Gasteiger partial charge in [-0.1, -0.05) is 42.5 Å². The minimum Gasteiger partial charge on any atom is -0.392 e. The first-order valence-corrected chi connectivity index (χ1v) is 6.90. The molecule has 0 aromatic heterocycles. The third-order valence-corrected chi connectivity index (χ3v) is 3.47. The fourth-order valence-corrected chi connectivity index (χ4v) is 2.49. The molecular formula is C14H17N3O2S. The van der Waals surface area contributed by atoms with E-state index in [0.29, 0.717) is 13.1 Å². The Balaban J connectivity index is 2.23. The van der Waals surface area contributed by atoms with Crippen LogP contribution in [0.5, 0.6) is 0 Å². The molecule has 1 aliphatic heterocycles. The largest absolute Gasteiger partial charge is 0.392 e. The number of rotatable bonds is 3. The molecule has 1 aromatic rings. The molecule has 0 saturated carbocycles. The summed E-state index contributed by atoms with van der Waals surface area (Å²) in [7, 11) is 0. The standard InChI is InChI=1S/C14H17N3O2S/c15-13(20)12(10-5-2-1-3-6-10)14(19)17-8-4-7-16-11(18)9-17/h1-3,5-6,12H,4,7-9H2,(H2,15,20)(H,16,18). The van der Waals surface area contributed by atoms with Crippen LogP contribution >= 0.6 is 12.2 Å². The first-order valence-electron chi connectivity index (χ1n) is 6.49. The Morgan fingerprint density at radius 3 is 2.70 bits per heavy atom. The van der Waals surface area contributed by atoms with Crippen LogP contribution in [0.1, 0.15) is 17.9 Å². The van der Waals surface area contributed by atoms with Crippen molar-refractivity contribution in [1.29, 1.82) is 0 Å². The Hall–Kier alpha value is -1.95. The van der Waals surface area contributed by atoms with Crippen molar-refractivity contribution in [3.63, 3.8) is 0 Å². The molecule has 0 bridgehead atoms. The van der Waals surface area contributed by atoms with Gasteiger partial charge in [-0.05, 0) is 12.0 Å². The van der Waals surface area contributed by atoms with Crippen LogP contribution in [0.25, 0.3) is 0 Å². The van der Waals surface area contributed by atoms with Gasteiger partial charge in [0.2, 0.25) is 11.8 Å². The van der Waals surface area contributed by atoms with Gasteiger partial charge in [0.25, 0.3) is 0 Å². The van der Waals surface area contributed by atoms with E-state index in [4.69, 9.17) is 18.0 Å². The first kappa shape index (κ1) is 14.5. The summed E-state index contributed by atoms with van der Waals surface area (Å²) in [5, 5.41) is 2.74. The van der Waals surface area contributed by atoms with Crippen LogP contribution in [0.2, 0.25) is 0 Å². The lowest BCUT2D eigenvalue weighted by molar-refractivity contribution is -0.135. The number of benzene rings is 1. The lowest BCUT2D eigenvalue weighted by Gasteiger charge is -2.24. The van der Waals surface area contributed by atoms with Crippen molar-refractivity contribution in [2.45, 2.75) is 12.3 Å². The molecule has 2 amide bonds. The number of nitrogens with zero attached hydrogens (tertiary/aromatic N) is 1. The molecule has 3 N–H and O–H groups in total. The van der Waals surface area contributed by atoms with Crippen molar-refractivity contribution in [1.82, 2.24) is 10.2 Å². The monoisotopic (exact) mass is 291 g/mol. The highest BCUT2D eigenvalue weighted by atomic mass is 32.1. The van der Waals surface area contributed by atoms with Gasteiger partial charge in [0, 0.05) is 13.1 Å². The van der Waals surface area contributed by atoms with Gasteiger partial charge in [-0.15, -0.1) is 0 Å². The molecule has 5 nitrogen and oxygen atoms in total. The smallest absolute Gasteiger partial charge is 0.239 e. The number of carbonyl (C=O) groups excluding carboxylic acids is 2. The zero-order valence-electron chi connectivity index (χ0n) is 11.0. The van der Waals surface area contributed by atoms with Gasteiger partial charge >= 0.3 is 0 Å². The summed E-state index contributed by atoms with van der Waals surface area (Å²) in [6.45, 7) is 1.18. The fourth-order valence-electron chi connectivity index (χ4n) is 2.25. The van der Waals surface area contributed by atoms with Crippen LogP contribution in [0.3, 0.4) is 0 Å². The Kier molecular flexibility index (Phi) is 4.68. The van der Waals surface area contributed by atoms with Gasteiger partial charge in [-0.25, -0.2) is 0 Å². The van der Waals surface area contributed by atoms with Gasteiger partial charge < -0.3 is 16.0 Å². The van der Waals surface area contributed by atoms with Gasteiger partial charge in [0.15, 0.2) is 0 Å². The third kappa shape index (κ3) is 3.33. The second-order valence-corrected chi connectivity index (χ2v) is 5.18. The summed E-state index contributed by atoms with van der Waals surface area (Å²) in [6.07, 6.45) is 0.732.